The second kappa shape index (κ2) is 3.14. The molecular formula is C10H9NO3. The van der Waals surface area contributed by atoms with Gasteiger partial charge in [-0.25, -0.2) is 0 Å². The number of rotatable bonds is 1. The molecule has 14 heavy (non-hydrogen) atoms. The molecule has 2 N–H and O–H groups in total. The highest BCUT2D eigenvalue weighted by molar-refractivity contribution is 6.14. The molecule has 1 aliphatic carbocycles. The summed E-state index contributed by atoms with van der Waals surface area (Å²) in [5.74, 6) is -1.66. The van der Waals surface area contributed by atoms with Crippen LogP contribution in [0.25, 0.3) is 0 Å². The molecule has 0 saturated heterocycles. The van der Waals surface area contributed by atoms with Crippen LogP contribution in [0.3, 0.4) is 0 Å². The van der Waals surface area contributed by atoms with Crippen molar-refractivity contribution in [3.63, 3.8) is 0 Å². The third kappa shape index (κ3) is 1.16. The predicted molar refractivity (Wildman–Crippen MR) is 49.6 cm³/mol. The lowest BCUT2D eigenvalue weighted by atomic mass is 10.1. The van der Waals surface area contributed by atoms with E-state index in [-0.39, 0.29) is 5.71 Å². The Hall–Kier alpha value is -1.84. The molecule has 0 spiro atoms. The number of fused-ring (bicyclic) bond motifs is 1. The highest BCUT2D eigenvalue weighted by Crippen LogP contribution is 2.27. The van der Waals surface area contributed by atoms with Crippen molar-refractivity contribution in [1.82, 2.24) is 0 Å². The van der Waals surface area contributed by atoms with Gasteiger partial charge in [-0.15, -0.1) is 0 Å². The van der Waals surface area contributed by atoms with E-state index in [4.69, 9.17) is 10.3 Å². The molecule has 0 amide bonds. The first kappa shape index (κ1) is 8.74. The zero-order chi connectivity index (χ0) is 10.1. The number of benzene rings is 1. The van der Waals surface area contributed by atoms with Crippen LogP contribution in [0.1, 0.15) is 11.1 Å². The fraction of sp³-hybridized carbons (Fsp3) is 0.200. The molecule has 0 radical (unpaired) electrons. The van der Waals surface area contributed by atoms with Crippen molar-refractivity contribution in [3.05, 3.63) is 35.4 Å². The van der Waals surface area contributed by atoms with Crippen molar-refractivity contribution in [2.75, 3.05) is 0 Å². The van der Waals surface area contributed by atoms with E-state index in [2.05, 4.69) is 5.16 Å². The van der Waals surface area contributed by atoms with Crippen molar-refractivity contribution >= 4 is 11.7 Å². The quantitative estimate of drug-likeness (QED) is 0.516. The highest BCUT2D eigenvalue weighted by Gasteiger charge is 2.33. The van der Waals surface area contributed by atoms with E-state index in [0.29, 0.717) is 6.42 Å². The summed E-state index contributed by atoms with van der Waals surface area (Å²) >= 11 is 0. The summed E-state index contributed by atoms with van der Waals surface area (Å²) in [5, 5.41) is 20.7. The lowest BCUT2D eigenvalue weighted by Crippen LogP contribution is -2.20. The van der Waals surface area contributed by atoms with Gasteiger partial charge in [-0.3, -0.25) is 4.79 Å². The monoisotopic (exact) mass is 191 g/mol. The largest absolute Gasteiger partial charge is 0.481 e. The Balaban J connectivity index is 2.49. The molecule has 1 aromatic rings. The molecule has 0 aliphatic heterocycles. The van der Waals surface area contributed by atoms with Crippen molar-refractivity contribution in [2.24, 2.45) is 11.1 Å². The molecule has 72 valence electrons. The number of oxime groups is 1. The molecule has 4 heteroatoms. The van der Waals surface area contributed by atoms with Crippen LogP contribution in [0.15, 0.2) is 29.4 Å². The number of carboxylic acid groups (broad SMARTS) is 1. The van der Waals surface area contributed by atoms with E-state index in [1.165, 1.54) is 0 Å². The molecule has 1 unspecified atom stereocenters. The number of hydrogen-bond acceptors (Lipinski definition) is 3. The van der Waals surface area contributed by atoms with Gasteiger partial charge >= 0.3 is 5.97 Å². The predicted octanol–water partition coefficient (Wildman–Crippen LogP) is 1.12. The minimum absolute atomic E-state index is 0.258. The van der Waals surface area contributed by atoms with Gasteiger partial charge in [0.25, 0.3) is 0 Å². The van der Waals surface area contributed by atoms with Gasteiger partial charge in [0.1, 0.15) is 11.6 Å². The van der Waals surface area contributed by atoms with Gasteiger partial charge < -0.3 is 10.3 Å². The third-order valence-electron chi connectivity index (χ3n) is 2.45. The van der Waals surface area contributed by atoms with Crippen LogP contribution in [0.5, 0.6) is 0 Å². The van der Waals surface area contributed by atoms with Gasteiger partial charge in [-0.2, -0.15) is 0 Å². The van der Waals surface area contributed by atoms with Crippen LogP contribution in [0.2, 0.25) is 0 Å². The first-order valence-corrected chi connectivity index (χ1v) is 4.27. The summed E-state index contributed by atoms with van der Waals surface area (Å²) in [4.78, 5) is 10.8. The normalized spacial score (nSPS) is 22.3. The van der Waals surface area contributed by atoms with E-state index in [0.717, 1.165) is 11.1 Å². The molecule has 0 fully saturated rings. The topological polar surface area (TPSA) is 69.9 Å². The van der Waals surface area contributed by atoms with Gasteiger partial charge in [0.2, 0.25) is 0 Å². The van der Waals surface area contributed by atoms with Crippen molar-refractivity contribution in [3.8, 4) is 0 Å². The van der Waals surface area contributed by atoms with E-state index >= 15 is 0 Å². The molecule has 1 aliphatic rings. The number of carboxylic acids is 1. The Morgan fingerprint density at radius 1 is 1.43 bits per heavy atom. The summed E-state index contributed by atoms with van der Waals surface area (Å²) in [6, 6.07) is 7.27. The SMILES string of the molecule is O=C(O)C1Cc2ccccc2/C1=N\O. The zero-order valence-corrected chi connectivity index (χ0v) is 7.34. The molecule has 2 rings (SSSR count). The van der Waals surface area contributed by atoms with E-state index in [1.807, 2.05) is 12.1 Å². The summed E-state index contributed by atoms with van der Waals surface area (Å²) in [7, 11) is 0. The molecule has 1 atom stereocenters. The molecule has 0 bridgehead atoms. The Bertz CT molecular complexity index is 412. The number of hydrogen-bond donors (Lipinski definition) is 2. The summed E-state index contributed by atoms with van der Waals surface area (Å²) < 4.78 is 0. The Morgan fingerprint density at radius 3 is 2.79 bits per heavy atom. The van der Waals surface area contributed by atoms with Crippen molar-refractivity contribution < 1.29 is 15.1 Å². The average Bonchev–Trinajstić information content (AvgIpc) is 2.56. The van der Waals surface area contributed by atoms with Gasteiger partial charge in [-0.1, -0.05) is 29.4 Å². The maximum absolute atomic E-state index is 10.8. The fourth-order valence-corrected chi connectivity index (χ4v) is 1.78. The second-order valence-corrected chi connectivity index (χ2v) is 3.24. The smallest absolute Gasteiger partial charge is 0.313 e. The zero-order valence-electron chi connectivity index (χ0n) is 7.34. The van der Waals surface area contributed by atoms with Crippen LogP contribution >= 0.6 is 0 Å². The van der Waals surface area contributed by atoms with Gasteiger partial charge in [0, 0.05) is 5.56 Å². The number of nitrogens with zero attached hydrogens (tertiary/aromatic N) is 1. The summed E-state index contributed by atoms with van der Waals surface area (Å²) in [5.41, 5.74) is 1.92. The minimum atomic E-state index is -0.950. The Morgan fingerprint density at radius 2 is 2.14 bits per heavy atom. The lowest BCUT2D eigenvalue weighted by molar-refractivity contribution is -0.139. The molecule has 0 saturated carbocycles. The first-order valence-electron chi connectivity index (χ1n) is 4.27. The van der Waals surface area contributed by atoms with E-state index in [1.54, 1.807) is 12.1 Å². The molecule has 4 nitrogen and oxygen atoms in total. The van der Waals surface area contributed by atoms with Gasteiger partial charge in [0.15, 0.2) is 0 Å². The van der Waals surface area contributed by atoms with Gasteiger partial charge in [-0.05, 0) is 12.0 Å². The van der Waals surface area contributed by atoms with E-state index < -0.39 is 11.9 Å². The van der Waals surface area contributed by atoms with Crippen LogP contribution in [0.4, 0.5) is 0 Å². The van der Waals surface area contributed by atoms with Crippen molar-refractivity contribution in [2.45, 2.75) is 6.42 Å². The number of carbonyl (C=O) groups is 1. The second-order valence-electron chi connectivity index (χ2n) is 3.24. The molecule has 1 aromatic carbocycles. The fourth-order valence-electron chi connectivity index (χ4n) is 1.78. The Kier molecular flexibility index (Phi) is 1.96. The average molecular weight is 191 g/mol. The standard InChI is InChI=1S/C10H9NO3/c12-10(13)8-5-6-3-1-2-4-7(6)9(8)11-14/h1-4,8,14H,5H2,(H,12,13)/b11-9+. The highest BCUT2D eigenvalue weighted by atomic mass is 16.4. The third-order valence-corrected chi connectivity index (χ3v) is 2.45. The van der Waals surface area contributed by atoms with E-state index in [9.17, 15) is 4.79 Å². The summed E-state index contributed by atoms with van der Waals surface area (Å²) in [6.45, 7) is 0. The maximum Gasteiger partial charge on any atom is 0.313 e. The molecular weight excluding hydrogens is 182 g/mol. The number of aliphatic carboxylic acids is 1. The Labute approximate surface area is 80.5 Å². The van der Waals surface area contributed by atoms with Gasteiger partial charge in [0.05, 0.1) is 0 Å². The molecule has 0 heterocycles. The minimum Gasteiger partial charge on any atom is -0.481 e. The van der Waals surface area contributed by atoms with Crippen LogP contribution in [-0.4, -0.2) is 22.0 Å². The maximum atomic E-state index is 10.8. The van der Waals surface area contributed by atoms with Crippen LogP contribution in [0, 0.1) is 5.92 Å². The molecule has 0 aromatic heterocycles. The summed E-state index contributed by atoms with van der Waals surface area (Å²) in [6.07, 6.45) is 0.408. The van der Waals surface area contributed by atoms with Crippen LogP contribution < -0.4 is 0 Å². The van der Waals surface area contributed by atoms with Crippen molar-refractivity contribution in [1.29, 1.82) is 0 Å². The first-order chi connectivity index (χ1) is 6.74. The van der Waals surface area contributed by atoms with Crippen LogP contribution in [-0.2, 0) is 11.2 Å². The lowest BCUT2D eigenvalue weighted by Gasteiger charge is -2.01.